The maximum Gasteiger partial charge on any atom is 0.262 e. The van der Waals surface area contributed by atoms with Crippen LogP contribution >= 0.6 is 23.2 Å². The van der Waals surface area contributed by atoms with Crippen molar-refractivity contribution in [2.45, 2.75) is 51.4 Å². The first-order valence-electron chi connectivity index (χ1n) is 12.8. The van der Waals surface area contributed by atoms with Crippen LogP contribution < -0.4 is 20.1 Å². The second kappa shape index (κ2) is 11.2. The van der Waals surface area contributed by atoms with E-state index in [0.29, 0.717) is 52.6 Å². The molecule has 7 nitrogen and oxygen atoms in total. The summed E-state index contributed by atoms with van der Waals surface area (Å²) in [5, 5.41) is 6.77. The Labute approximate surface area is 231 Å². The molecule has 1 amide bonds. The van der Waals surface area contributed by atoms with Crippen LogP contribution in [0.15, 0.2) is 58.9 Å². The van der Waals surface area contributed by atoms with Gasteiger partial charge in [-0.15, -0.1) is 0 Å². The zero-order valence-corrected chi connectivity index (χ0v) is 22.5. The highest BCUT2D eigenvalue weighted by molar-refractivity contribution is 6.33. The van der Waals surface area contributed by atoms with Gasteiger partial charge in [0, 0.05) is 41.3 Å². The van der Waals surface area contributed by atoms with Gasteiger partial charge in [0.25, 0.3) is 5.91 Å². The first-order chi connectivity index (χ1) is 18.4. The summed E-state index contributed by atoms with van der Waals surface area (Å²) in [6, 6.07) is 10.4. The molecular weight excluding hydrogens is 527 g/mol. The Morgan fingerprint density at radius 1 is 0.947 bits per heavy atom. The lowest BCUT2D eigenvalue weighted by molar-refractivity contribution is -0.118. The second-order valence-electron chi connectivity index (χ2n) is 9.48. The topological polar surface area (TPSA) is 93.7 Å². The van der Waals surface area contributed by atoms with E-state index in [1.807, 2.05) is 6.92 Å². The smallest absolute Gasteiger partial charge is 0.262 e. The number of nitrogens with one attached hydrogen (secondary N) is 2. The van der Waals surface area contributed by atoms with E-state index in [-0.39, 0.29) is 28.9 Å². The van der Waals surface area contributed by atoms with Crippen LogP contribution in [-0.2, 0) is 14.4 Å². The minimum Gasteiger partial charge on any atom is -0.490 e. The van der Waals surface area contributed by atoms with Crippen LogP contribution in [0, 0.1) is 0 Å². The molecule has 1 aliphatic heterocycles. The molecule has 0 saturated heterocycles. The van der Waals surface area contributed by atoms with Gasteiger partial charge in [0.15, 0.2) is 29.7 Å². The largest absolute Gasteiger partial charge is 0.490 e. The molecule has 0 aromatic heterocycles. The summed E-state index contributed by atoms with van der Waals surface area (Å²) in [5.41, 5.74) is 4.23. The van der Waals surface area contributed by atoms with Crippen molar-refractivity contribution < 1.29 is 23.9 Å². The summed E-state index contributed by atoms with van der Waals surface area (Å²) in [5.74, 6) is -0.289. The molecule has 0 bridgehead atoms. The molecule has 5 rings (SSSR count). The summed E-state index contributed by atoms with van der Waals surface area (Å²) in [6.07, 6.45) is 3.97. The lowest BCUT2D eigenvalue weighted by Gasteiger charge is -2.37. The fraction of sp³-hybridized carbons (Fsp3) is 0.345. The number of anilines is 1. The number of para-hydroxylation sites is 1. The molecule has 0 radical (unpaired) electrons. The van der Waals surface area contributed by atoms with Crippen molar-refractivity contribution in [3.8, 4) is 11.5 Å². The van der Waals surface area contributed by atoms with Gasteiger partial charge >= 0.3 is 0 Å². The lowest BCUT2D eigenvalue weighted by atomic mass is 9.71. The maximum atomic E-state index is 13.1. The first kappa shape index (κ1) is 26.3. The molecule has 0 unspecified atom stereocenters. The number of rotatable bonds is 7. The van der Waals surface area contributed by atoms with Gasteiger partial charge in [-0.2, -0.15) is 0 Å². The third-order valence-corrected chi connectivity index (χ3v) is 7.56. The molecule has 38 heavy (non-hydrogen) atoms. The molecule has 0 fully saturated rings. The monoisotopic (exact) mass is 554 g/mol. The molecule has 198 valence electrons. The average molecular weight is 555 g/mol. The Morgan fingerprint density at radius 3 is 2.24 bits per heavy atom. The molecular formula is C29H28Cl2N2O5. The zero-order chi connectivity index (χ0) is 26.8. The van der Waals surface area contributed by atoms with Gasteiger partial charge in [-0.1, -0.05) is 35.3 Å². The third-order valence-electron chi connectivity index (χ3n) is 6.95. The SMILES string of the molecule is CCOc1cc(C2C3=C(CCCC3=O)NC3=C2C(=O)CCC3)cc(Cl)c1OCC(=O)Nc1ccccc1Cl. The van der Waals surface area contributed by atoms with Crippen LogP contribution in [-0.4, -0.2) is 30.7 Å². The van der Waals surface area contributed by atoms with E-state index >= 15 is 0 Å². The average Bonchev–Trinajstić information content (AvgIpc) is 2.89. The van der Waals surface area contributed by atoms with Crippen molar-refractivity contribution in [1.29, 1.82) is 0 Å². The van der Waals surface area contributed by atoms with Crippen molar-refractivity contribution in [2.24, 2.45) is 0 Å². The molecule has 2 N–H and O–H groups in total. The lowest BCUT2D eigenvalue weighted by Crippen LogP contribution is -2.36. The van der Waals surface area contributed by atoms with Crippen LogP contribution in [0.1, 0.15) is 56.9 Å². The molecule has 3 aliphatic rings. The number of benzene rings is 2. The molecule has 0 atom stereocenters. The van der Waals surface area contributed by atoms with Crippen molar-refractivity contribution >= 4 is 46.4 Å². The molecule has 2 aliphatic carbocycles. The molecule has 0 spiro atoms. The Morgan fingerprint density at radius 2 is 1.61 bits per heavy atom. The Balaban J connectivity index is 1.48. The number of hydrogen-bond donors (Lipinski definition) is 2. The Kier molecular flexibility index (Phi) is 7.77. The predicted octanol–water partition coefficient (Wildman–Crippen LogP) is 6.11. The van der Waals surface area contributed by atoms with Crippen molar-refractivity contribution in [3.63, 3.8) is 0 Å². The van der Waals surface area contributed by atoms with Gasteiger partial charge in [0.05, 0.1) is 22.3 Å². The van der Waals surface area contributed by atoms with Crippen LogP contribution in [0.4, 0.5) is 5.69 Å². The van der Waals surface area contributed by atoms with Gasteiger partial charge in [0.2, 0.25) is 0 Å². The van der Waals surface area contributed by atoms with Gasteiger partial charge in [-0.05, 0) is 62.4 Å². The normalized spacial score (nSPS) is 17.6. The van der Waals surface area contributed by atoms with E-state index < -0.39 is 11.8 Å². The number of Topliss-reactive ketones (excluding diaryl/α,β-unsaturated/α-hetero) is 2. The van der Waals surface area contributed by atoms with E-state index in [1.165, 1.54) is 0 Å². The summed E-state index contributed by atoms with van der Waals surface area (Å²) in [7, 11) is 0. The molecule has 2 aromatic rings. The number of carbonyl (C=O) groups excluding carboxylic acids is 3. The first-order valence-corrected chi connectivity index (χ1v) is 13.6. The number of dihydropyridines is 1. The van der Waals surface area contributed by atoms with Gasteiger partial charge in [-0.3, -0.25) is 14.4 Å². The molecule has 9 heteroatoms. The number of amides is 1. The third kappa shape index (κ3) is 5.18. The van der Waals surface area contributed by atoms with E-state index in [0.717, 1.165) is 37.1 Å². The van der Waals surface area contributed by atoms with Gasteiger partial charge < -0.3 is 20.1 Å². The number of ether oxygens (including phenoxy) is 2. The molecule has 2 aromatic carbocycles. The minimum absolute atomic E-state index is 0.0410. The predicted molar refractivity (Wildman–Crippen MR) is 146 cm³/mol. The van der Waals surface area contributed by atoms with Gasteiger partial charge in [-0.25, -0.2) is 0 Å². The maximum absolute atomic E-state index is 13.1. The summed E-state index contributed by atoms with van der Waals surface area (Å²) in [6.45, 7) is 1.84. The quantitative estimate of drug-likeness (QED) is 0.428. The number of allylic oxidation sites excluding steroid dienone is 4. The van der Waals surface area contributed by atoms with E-state index in [1.54, 1.807) is 36.4 Å². The van der Waals surface area contributed by atoms with Crippen LogP contribution in [0.5, 0.6) is 11.5 Å². The van der Waals surface area contributed by atoms with E-state index in [9.17, 15) is 14.4 Å². The standard InChI is InChI=1S/C29H28Cl2N2O5/c1-2-37-24-14-16(13-18(31)29(24)38-15-25(36)33-19-8-4-3-7-17(19)30)26-27-20(9-5-11-22(27)34)32-21-10-6-12-23(35)28(21)26/h3-4,7-8,13-14,26,32H,2,5-6,9-12,15H2,1H3,(H,33,36). The Bertz CT molecular complexity index is 1340. The number of halogens is 2. The number of carbonyl (C=O) groups is 3. The second-order valence-corrected chi connectivity index (χ2v) is 10.3. The van der Waals surface area contributed by atoms with Crippen LogP contribution in [0.3, 0.4) is 0 Å². The zero-order valence-electron chi connectivity index (χ0n) is 21.0. The Hall–Kier alpha value is -3.29. The van der Waals surface area contributed by atoms with Crippen molar-refractivity contribution in [2.75, 3.05) is 18.5 Å². The molecule has 1 heterocycles. The fourth-order valence-corrected chi connectivity index (χ4v) is 5.82. The van der Waals surface area contributed by atoms with E-state index in [2.05, 4.69) is 10.6 Å². The van der Waals surface area contributed by atoms with Crippen LogP contribution in [0.2, 0.25) is 10.0 Å². The fourth-order valence-electron chi connectivity index (χ4n) is 5.36. The number of hydrogen-bond acceptors (Lipinski definition) is 6. The number of ketones is 2. The summed E-state index contributed by atoms with van der Waals surface area (Å²) >= 11 is 12.8. The molecule has 0 saturated carbocycles. The van der Waals surface area contributed by atoms with Crippen molar-refractivity contribution in [3.05, 3.63) is 74.5 Å². The minimum atomic E-state index is -0.517. The highest BCUT2D eigenvalue weighted by atomic mass is 35.5. The summed E-state index contributed by atoms with van der Waals surface area (Å²) in [4.78, 5) is 38.8. The van der Waals surface area contributed by atoms with E-state index in [4.69, 9.17) is 32.7 Å². The summed E-state index contributed by atoms with van der Waals surface area (Å²) < 4.78 is 11.7. The van der Waals surface area contributed by atoms with Gasteiger partial charge in [0.1, 0.15) is 0 Å². The van der Waals surface area contributed by atoms with Crippen molar-refractivity contribution in [1.82, 2.24) is 5.32 Å². The van der Waals surface area contributed by atoms with Crippen LogP contribution in [0.25, 0.3) is 0 Å². The highest BCUT2D eigenvalue weighted by Crippen LogP contribution is 2.48. The highest BCUT2D eigenvalue weighted by Gasteiger charge is 2.40.